The van der Waals surface area contributed by atoms with Crippen molar-refractivity contribution in [1.82, 2.24) is 14.5 Å². The van der Waals surface area contributed by atoms with Crippen LogP contribution in [0.5, 0.6) is 5.75 Å². The minimum Gasteiger partial charge on any atom is -0.507 e. The summed E-state index contributed by atoms with van der Waals surface area (Å²) < 4.78 is 328. The first-order valence-corrected chi connectivity index (χ1v) is 23.0. The number of rotatable bonds is 7. The maximum atomic E-state index is 13.3. The molecule has 0 aliphatic heterocycles. The van der Waals surface area contributed by atoms with Crippen molar-refractivity contribution in [2.24, 2.45) is 0 Å². The number of pyridine rings is 1. The molecule has 1 N–H and O–H groups in total. The van der Waals surface area contributed by atoms with Crippen LogP contribution in [0, 0.1) is 12.9 Å². The van der Waals surface area contributed by atoms with Crippen LogP contribution in [-0.2, 0) is 48.1 Å². The van der Waals surface area contributed by atoms with E-state index >= 15 is 0 Å². The quantitative estimate of drug-likeness (QED) is 0.162. The molecule has 382 valence electrons. The smallest absolute Gasteiger partial charge is 0.148 e. The van der Waals surface area contributed by atoms with E-state index in [2.05, 4.69) is 11.1 Å². The van der Waals surface area contributed by atoms with E-state index in [1.807, 2.05) is 51.1 Å². The average molecular weight is 1190 g/mol. The van der Waals surface area contributed by atoms with Gasteiger partial charge >= 0.3 is 0 Å². The Labute approximate surface area is 508 Å². The van der Waals surface area contributed by atoms with E-state index < -0.39 is 200 Å². The molecule has 0 fully saturated rings. The molecule has 0 aliphatic carbocycles. The first kappa shape index (κ1) is 24.1. The van der Waals surface area contributed by atoms with E-state index in [-0.39, 0.29) is 60.4 Å². The van der Waals surface area contributed by atoms with Gasteiger partial charge in [-0.25, -0.2) is 4.98 Å². The maximum absolute atomic E-state index is 13.3. The van der Waals surface area contributed by atoms with Crippen LogP contribution in [0.4, 0.5) is 0 Å². The van der Waals surface area contributed by atoms with Crippen molar-refractivity contribution < 1.29 is 76.9 Å². The zero-order valence-corrected chi connectivity index (χ0v) is 43.3. The zero-order chi connectivity index (χ0) is 83.7. The number of phenols is 1. The number of aryl methyl sites for hydroxylation is 1. The normalized spacial score (nSPS) is 21.6. The molecular weight excluding hydrogens is 1080 g/mol. The molecule has 0 spiro atoms. The number of fused-ring (bicyclic) bond motifs is 1. The molecule has 5 heteroatoms. The second-order valence-corrected chi connectivity index (χ2v) is 20.1. The Morgan fingerprint density at radius 3 is 1.88 bits per heavy atom. The minimum absolute atomic E-state index is 0. The van der Waals surface area contributed by atoms with Crippen LogP contribution in [0.2, 0.25) is 0 Å². The van der Waals surface area contributed by atoms with Gasteiger partial charge < -0.3 is 5.11 Å². The first-order valence-electron chi connectivity index (χ1n) is 41.5. The third kappa shape index (κ3) is 10.6. The van der Waals surface area contributed by atoms with E-state index in [1.165, 1.54) is 48.5 Å². The molecular formula is C69H74N3OPt-. The molecule has 0 atom stereocenters. The van der Waals surface area contributed by atoms with Gasteiger partial charge in [-0.1, -0.05) is 217 Å². The van der Waals surface area contributed by atoms with Crippen molar-refractivity contribution in [1.29, 1.82) is 0 Å². The molecule has 9 aromatic rings. The fourth-order valence-corrected chi connectivity index (χ4v) is 8.75. The van der Waals surface area contributed by atoms with Gasteiger partial charge in [0.2, 0.25) is 0 Å². The molecule has 0 radical (unpaired) electrons. The summed E-state index contributed by atoms with van der Waals surface area (Å²) in [4.78, 5) is 9.24. The van der Waals surface area contributed by atoms with Gasteiger partial charge in [0.25, 0.3) is 0 Å². The average Bonchev–Trinajstić information content (AvgIpc) is 1.08. The number of nitrogens with zero attached hydrogens (tertiary/aromatic N) is 3. The van der Waals surface area contributed by atoms with E-state index in [4.69, 9.17) is 47.5 Å². The Hall–Kier alpha value is -6.35. The summed E-state index contributed by atoms with van der Waals surface area (Å²) in [6, 6.07) is 21.7. The van der Waals surface area contributed by atoms with Gasteiger partial charge in [0.15, 0.2) is 0 Å². The summed E-state index contributed by atoms with van der Waals surface area (Å²) in [5.74, 6) is -2.57. The van der Waals surface area contributed by atoms with Crippen LogP contribution >= 0.6 is 0 Å². The number of aromatic hydroxyl groups is 1. The number of para-hydroxylation sites is 1. The van der Waals surface area contributed by atoms with Gasteiger partial charge in [0, 0.05) is 79.6 Å². The van der Waals surface area contributed by atoms with Crippen molar-refractivity contribution in [3.63, 3.8) is 0 Å². The van der Waals surface area contributed by atoms with Crippen LogP contribution in [0.3, 0.4) is 0 Å². The van der Waals surface area contributed by atoms with Crippen molar-refractivity contribution in [2.75, 3.05) is 0 Å². The molecule has 9 rings (SSSR count). The largest absolute Gasteiger partial charge is 0.507 e. The van der Waals surface area contributed by atoms with Gasteiger partial charge in [-0.2, -0.15) is 0 Å². The fraction of sp³-hybridized carbons (Fsp3) is 0.304. The summed E-state index contributed by atoms with van der Waals surface area (Å²) in [7, 11) is 0. The molecule has 0 saturated heterocycles. The van der Waals surface area contributed by atoms with E-state index in [1.54, 1.807) is 39.0 Å². The third-order valence-corrected chi connectivity index (χ3v) is 12.5. The molecule has 2 heterocycles. The SMILES string of the molecule is [2H]c1nc(-c2[c-]c(-c3cccc4c3nc(-c3cc(C(C([2H])([2H])[2H])(C([2H])([2H])[2H])C([2H])([2H])[2H])cc(C(C([2H])([2H])[2H])(C([2H])([2H])[2H])C([2H])([2H])[2H])c3O)n4-c3ccc(-c4c(-c5ccccc5)cccc4C(C)(C)C)cc3C([2H])([2H])[2H])cc(C(C)(C)C)c2)c([2H])c(-c2c([2H])c([2H])c(C(C([2H])([2H])[2H])(C([2H])([2H])[2H])C([2H])([2H])[2H])c([2H])c2[2H])c1[2H].[Pt]. The molecule has 2 aromatic heterocycles. The van der Waals surface area contributed by atoms with Gasteiger partial charge in [-0.05, 0) is 120 Å². The summed E-state index contributed by atoms with van der Waals surface area (Å²) in [5, 5.41) is 13.3. The number of aromatic nitrogens is 3. The fourth-order valence-electron chi connectivity index (χ4n) is 8.75. The van der Waals surface area contributed by atoms with Gasteiger partial charge in [0.1, 0.15) is 11.6 Å². The van der Waals surface area contributed by atoms with Crippen LogP contribution in [0.25, 0.3) is 83.9 Å². The van der Waals surface area contributed by atoms with E-state index in [9.17, 15) is 13.3 Å². The van der Waals surface area contributed by atoms with E-state index in [0.29, 0.717) is 28.3 Å². The van der Waals surface area contributed by atoms with Crippen LogP contribution in [0.1, 0.15) is 187 Å². The Morgan fingerprint density at radius 2 is 1.20 bits per heavy atom. The standard InChI is InChI=1S/C69H74N3O.Pt/c1-43-36-47(61-53(45-22-18-17-19-23-45)24-20-26-56(61)68(11,12)13)30-33-59(43)72-60-27-21-25-54(62(60)71-64(72)55-41-52(67(8,9)10)42-57(63(55)73)69(14,15)16)48-37-49(39-51(38-48)66(5,6)7)58-40-46(34-35-70-58)44-28-31-50(32-29-44)65(2,3)4;/h17-36,38-42,73H,1-16H3;/q-1;/i1D3,2D3,3D3,4D3,8D3,9D3,10D3,14D3,15D3,16D3,28D,29D,31D,32D,34D,35D,40D;. The van der Waals surface area contributed by atoms with Gasteiger partial charge in [0.05, 0.1) is 31.9 Å². The second kappa shape index (κ2) is 19.7. The summed E-state index contributed by atoms with van der Waals surface area (Å²) in [6.45, 7) is -30.6. The molecule has 4 nitrogen and oxygen atoms in total. The van der Waals surface area contributed by atoms with Crippen molar-refractivity contribution in [2.45, 2.75) is 137 Å². The molecule has 0 saturated carbocycles. The topological polar surface area (TPSA) is 50.9 Å². The van der Waals surface area contributed by atoms with Crippen molar-refractivity contribution >= 4 is 11.0 Å². The Bertz CT molecular complexity index is 4970. The maximum Gasteiger partial charge on any atom is 0.148 e. The minimum atomic E-state index is -4.41. The molecule has 0 aliphatic rings. The second-order valence-electron chi connectivity index (χ2n) is 20.1. The number of imidazole rings is 1. The van der Waals surface area contributed by atoms with Crippen LogP contribution < -0.4 is 0 Å². The first-order chi connectivity index (χ1) is 49.6. The molecule has 0 bridgehead atoms. The molecule has 0 amide bonds. The summed E-state index contributed by atoms with van der Waals surface area (Å²) in [5.41, 5.74) is -21.8. The van der Waals surface area contributed by atoms with Crippen LogP contribution in [0.15, 0.2) is 152 Å². The third-order valence-electron chi connectivity index (χ3n) is 12.5. The Kier molecular flexibility index (Phi) is 6.43. The van der Waals surface area contributed by atoms with Gasteiger partial charge in [-0.3, -0.25) is 9.55 Å². The number of benzene rings is 7. The van der Waals surface area contributed by atoms with E-state index in [0.717, 1.165) is 10.1 Å². The molecule has 0 unspecified atom stereocenters. The van der Waals surface area contributed by atoms with Gasteiger partial charge in [-0.15, -0.1) is 29.3 Å². The Balaban J connectivity index is 0.0000155. The van der Waals surface area contributed by atoms with Crippen molar-refractivity contribution in [3.8, 4) is 78.6 Å². The summed E-state index contributed by atoms with van der Waals surface area (Å²) in [6.07, 6.45) is -1.01. The number of hydrogen-bond acceptors (Lipinski definition) is 3. The number of phenolic OH excluding ortho intramolecular Hbond substituents is 1. The summed E-state index contributed by atoms with van der Waals surface area (Å²) >= 11 is 0. The predicted octanol–water partition coefficient (Wildman–Crippen LogP) is 18.7. The molecule has 74 heavy (non-hydrogen) atoms. The predicted molar refractivity (Wildman–Crippen MR) is 310 cm³/mol. The Morgan fingerprint density at radius 1 is 0.541 bits per heavy atom. The zero-order valence-electron chi connectivity index (χ0n) is 78.0. The van der Waals surface area contributed by atoms with Crippen molar-refractivity contribution in [3.05, 3.63) is 191 Å². The number of hydrogen-bond donors (Lipinski definition) is 1. The monoisotopic (exact) mass is 1190 g/mol. The van der Waals surface area contributed by atoms with Crippen LogP contribution in [-0.4, -0.2) is 19.6 Å². The molecule has 7 aromatic carbocycles.